The lowest BCUT2D eigenvalue weighted by Crippen LogP contribution is -2.33. The van der Waals surface area contributed by atoms with Crippen molar-refractivity contribution in [1.29, 1.82) is 0 Å². The molecule has 0 saturated carbocycles. The van der Waals surface area contributed by atoms with E-state index in [0.29, 0.717) is 24.2 Å². The van der Waals surface area contributed by atoms with E-state index in [1.54, 1.807) is 24.3 Å². The van der Waals surface area contributed by atoms with Gasteiger partial charge >= 0.3 is 0 Å². The number of benzene rings is 1. The number of hydrogen-bond donors (Lipinski definition) is 2. The highest BCUT2D eigenvalue weighted by Gasteiger charge is 2.14. The molecule has 1 aromatic rings. The molecule has 0 aliphatic rings. The lowest BCUT2D eigenvalue weighted by atomic mass is 10.1. The molecule has 0 aliphatic carbocycles. The Balaban J connectivity index is 2.54. The van der Waals surface area contributed by atoms with Crippen molar-refractivity contribution in [2.24, 2.45) is 0 Å². The standard InChI is InChI=1S/C17H28N2O2/c1-2-3-4-5-6-12-19(13-7-14-20)17(21)15-8-10-16(18)11-9-15/h8-11,20H,2-7,12-14,18H2,1H3. The van der Waals surface area contributed by atoms with E-state index in [2.05, 4.69) is 6.92 Å². The third kappa shape index (κ3) is 6.63. The average molecular weight is 292 g/mol. The summed E-state index contributed by atoms with van der Waals surface area (Å²) in [7, 11) is 0. The fourth-order valence-corrected chi connectivity index (χ4v) is 2.29. The van der Waals surface area contributed by atoms with E-state index in [4.69, 9.17) is 10.8 Å². The van der Waals surface area contributed by atoms with Crippen LogP contribution in [-0.4, -0.2) is 35.6 Å². The van der Waals surface area contributed by atoms with Crippen LogP contribution in [0, 0.1) is 0 Å². The summed E-state index contributed by atoms with van der Waals surface area (Å²) in [6.45, 7) is 3.67. The van der Waals surface area contributed by atoms with E-state index in [9.17, 15) is 4.79 Å². The van der Waals surface area contributed by atoms with Crippen molar-refractivity contribution in [3.63, 3.8) is 0 Å². The molecule has 0 unspecified atom stereocenters. The van der Waals surface area contributed by atoms with Crippen LogP contribution < -0.4 is 5.73 Å². The fourth-order valence-electron chi connectivity index (χ4n) is 2.29. The van der Waals surface area contributed by atoms with E-state index < -0.39 is 0 Å². The van der Waals surface area contributed by atoms with Gasteiger partial charge in [-0.2, -0.15) is 0 Å². The molecule has 0 heterocycles. The Labute approximate surface area is 128 Å². The summed E-state index contributed by atoms with van der Waals surface area (Å²) in [6.07, 6.45) is 6.49. The van der Waals surface area contributed by atoms with Gasteiger partial charge in [-0.25, -0.2) is 0 Å². The van der Waals surface area contributed by atoms with Crippen molar-refractivity contribution in [2.75, 3.05) is 25.4 Å². The Morgan fingerprint density at radius 1 is 1.05 bits per heavy atom. The molecule has 0 bridgehead atoms. The molecule has 3 N–H and O–H groups in total. The van der Waals surface area contributed by atoms with Gasteiger partial charge in [0.25, 0.3) is 5.91 Å². The van der Waals surface area contributed by atoms with Crippen LogP contribution in [-0.2, 0) is 0 Å². The van der Waals surface area contributed by atoms with Gasteiger partial charge in [0.05, 0.1) is 0 Å². The summed E-state index contributed by atoms with van der Waals surface area (Å²) < 4.78 is 0. The van der Waals surface area contributed by atoms with Gasteiger partial charge in [-0.1, -0.05) is 32.6 Å². The second-order valence-corrected chi connectivity index (χ2v) is 5.41. The fraction of sp³-hybridized carbons (Fsp3) is 0.588. The molecular weight excluding hydrogens is 264 g/mol. The lowest BCUT2D eigenvalue weighted by molar-refractivity contribution is 0.0741. The minimum absolute atomic E-state index is 0.0268. The summed E-state index contributed by atoms with van der Waals surface area (Å²) in [6, 6.07) is 7.03. The maximum atomic E-state index is 12.5. The summed E-state index contributed by atoms with van der Waals surface area (Å²) in [5.41, 5.74) is 6.97. The number of carbonyl (C=O) groups is 1. The monoisotopic (exact) mass is 292 g/mol. The number of aliphatic hydroxyl groups is 1. The first-order chi connectivity index (χ1) is 10.2. The number of nitrogen functional groups attached to an aromatic ring is 1. The van der Waals surface area contributed by atoms with Crippen LogP contribution in [0.3, 0.4) is 0 Å². The first-order valence-corrected chi connectivity index (χ1v) is 7.94. The Hall–Kier alpha value is -1.55. The van der Waals surface area contributed by atoms with Crippen LogP contribution in [0.25, 0.3) is 0 Å². The number of nitrogens with two attached hydrogens (primary N) is 1. The van der Waals surface area contributed by atoms with Gasteiger partial charge in [0.2, 0.25) is 0 Å². The number of unbranched alkanes of at least 4 members (excludes halogenated alkanes) is 4. The zero-order valence-electron chi connectivity index (χ0n) is 13.1. The number of rotatable bonds is 10. The molecule has 0 atom stereocenters. The molecule has 0 fully saturated rings. The molecule has 0 aromatic heterocycles. The molecule has 4 nitrogen and oxygen atoms in total. The number of anilines is 1. The van der Waals surface area contributed by atoms with Crippen molar-refractivity contribution >= 4 is 11.6 Å². The third-order valence-corrected chi connectivity index (χ3v) is 3.56. The maximum absolute atomic E-state index is 12.5. The van der Waals surface area contributed by atoms with E-state index in [0.717, 1.165) is 19.4 Å². The second kappa shape index (κ2) is 10.2. The molecule has 1 rings (SSSR count). The predicted octanol–water partition coefficient (Wildman–Crippen LogP) is 3.06. The van der Waals surface area contributed by atoms with Gasteiger partial charge in [0, 0.05) is 30.9 Å². The lowest BCUT2D eigenvalue weighted by Gasteiger charge is -2.22. The SMILES string of the molecule is CCCCCCCN(CCCO)C(=O)c1ccc(N)cc1. The van der Waals surface area contributed by atoms with Crippen molar-refractivity contribution in [3.05, 3.63) is 29.8 Å². The molecule has 118 valence electrons. The number of carbonyl (C=O) groups excluding carboxylic acids is 1. The van der Waals surface area contributed by atoms with Crippen LogP contribution in [0.5, 0.6) is 0 Å². The highest BCUT2D eigenvalue weighted by atomic mass is 16.3. The Morgan fingerprint density at radius 2 is 1.67 bits per heavy atom. The molecular formula is C17H28N2O2. The molecule has 21 heavy (non-hydrogen) atoms. The van der Waals surface area contributed by atoms with E-state index in [-0.39, 0.29) is 12.5 Å². The molecule has 4 heteroatoms. The number of nitrogens with zero attached hydrogens (tertiary/aromatic N) is 1. The van der Waals surface area contributed by atoms with E-state index >= 15 is 0 Å². The minimum atomic E-state index is 0.0268. The van der Waals surface area contributed by atoms with Gasteiger partial charge in [-0.15, -0.1) is 0 Å². The van der Waals surface area contributed by atoms with Crippen LogP contribution in [0.4, 0.5) is 5.69 Å². The first-order valence-electron chi connectivity index (χ1n) is 7.94. The highest BCUT2D eigenvalue weighted by molar-refractivity contribution is 5.94. The van der Waals surface area contributed by atoms with Crippen molar-refractivity contribution in [2.45, 2.75) is 45.4 Å². The first kappa shape index (κ1) is 17.5. The molecule has 0 radical (unpaired) electrons. The molecule has 0 saturated heterocycles. The van der Waals surface area contributed by atoms with Gasteiger partial charge < -0.3 is 15.7 Å². The van der Waals surface area contributed by atoms with Crippen LogP contribution in [0.2, 0.25) is 0 Å². The van der Waals surface area contributed by atoms with E-state index in [1.807, 2.05) is 4.90 Å². The minimum Gasteiger partial charge on any atom is -0.399 e. The van der Waals surface area contributed by atoms with Crippen LogP contribution in [0.1, 0.15) is 55.8 Å². The third-order valence-electron chi connectivity index (χ3n) is 3.56. The Kier molecular flexibility index (Phi) is 8.51. The Morgan fingerprint density at radius 3 is 2.29 bits per heavy atom. The molecule has 0 spiro atoms. The summed E-state index contributed by atoms with van der Waals surface area (Å²) >= 11 is 0. The molecule has 0 aliphatic heterocycles. The van der Waals surface area contributed by atoms with Crippen LogP contribution in [0.15, 0.2) is 24.3 Å². The number of amides is 1. The molecule has 1 amide bonds. The smallest absolute Gasteiger partial charge is 0.253 e. The zero-order valence-corrected chi connectivity index (χ0v) is 13.1. The summed E-state index contributed by atoms with van der Waals surface area (Å²) in [5.74, 6) is 0.0268. The van der Waals surface area contributed by atoms with E-state index in [1.165, 1.54) is 19.3 Å². The van der Waals surface area contributed by atoms with Crippen molar-refractivity contribution in [3.8, 4) is 0 Å². The highest BCUT2D eigenvalue weighted by Crippen LogP contribution is 2.11. The van der Waals surface area contributed by atoms with Gasteiger partial charge in [0.1, 0.15) is 0 Å². The summed E-state index contributed by atoms with van der Waals surface area (Å²) in [5, 5.41) is 8.99. The average Bonchev–Trinajstić information content (AvgIpc) is 2.50. The van der Waals surface area contributed by atoms with Gasteiger partial charge in [0.15, 0.2) is 0 Å². The second-order valence-electron chi connectivity index (χ2n) is 5.41. The summed E-state index contributed by atoms with van der Waals surface area (Å²) in [4.78, 5) is 14.3. The predicted molar refractivity (Wildman–Crippen MR) is 87.2 cm³/mol. The van der Waals surface area contributed by atoms with Crippen molar-refractivity contribution < 1.29 is 9.90 Å². The van der Waals surface area contributed by atoms with Gasteiger partial charge in [-0.3, -0.25) is 4.79 Å². The normalized spacial score (nSPS) is 10.6. The maximum Gasteiger partial charge on any atom is 0.253 e. The van der Waals surface area contributed by atoms with Gasteiger partial charge in [-0.05, 0) is 37.1 Å². The Bertz CT molecular complexity index is 404. The number of aliphatic hydroxyl groups excluding tert-OH is 1. The topological polar surface area (TPSA) is 66.6 Å². The largest absolute Gasteiger partial charge is 0.399 e. The quantitative estimate of drug-likeness (QED) is 0.514. The molecule has 1 aromatic carbocycles. The van der Waals surface area contributed by atoms with Crippen LogP contribution >= 0.6 is 0 Å². The zero-order chi connectivity index (χ0) is 15.5. The van der Waals surface area contributed by atoms with Crippen molar-refractivity contribution in [1.82, 2.24) is 4.90 Å². The number of hydrogen-bond acceptors (Lipinski definition) is 3.